The van der Waals surface area contributed by atoms with Crippen LogP contribution in [0, 0.1) is 0 Å². The molecule has 8 heavy (non-hydrogen) atoms. The lowest BCUT2D eigenvalue weighted by molar-refractivity contribution is 0.271. The van der Waals surface area contributed by atoms with Gasteiger partial charge in [-0.1, -0.05) is 0 Å². The third-order valence-corrected chi connectivity index (χ3v) is 2.05. The average molecular weight is 115 g/mol. The summed E-state index contributed by atoms with van der Waals surface area (Å²) in [6.07, 6.45) is 0.883. The molecule has 1 saturated heterocycles. The van der Waals surface area contributed by atoms with Crippen molar-refractivity contribution in [3.8, 4) is 0 Å². The monoisotopic (exact) mass is 115 g/mol. The molecule has 2 heteroatoms. The number of hydrogen-bond donors (Lipinski definition) is 2. The van der Waals surface area contributed by atoms with Gasteiger partial charge in [0.05, 0.1) is 0 Å². The summed E-state index contributed by atoms with van der Waals surface area (Å²) in [4.78, 5) is 0. The molecule has 0 radical (unpaired) electrons. The van der Waals surface area contributed by atoms with Gasteiger partial charge in [0, 0.05) is 18.2 Å². The Morgan fingerprint density at radius 2 is 2.25 bits per heavy atom. The van der Waals surface area contributed by atoms with Crippen LogP contribution in [0.5, 0.6) is 0 Å². The van der Waals surface area contributed by atoms with Gasteiger partial charge < -0.3 is 10.4 Å². The Morgan fingerprint density at radius 3 is 2.38 bits per heavy atom. The summed E-state index contributed by atoms with van der Waals surface area (Å²) >= 11 is 0. The minimum Gasteiger partial charge on any atom is -0.396 e. The van der Waals surface area contributed by atoms with Crippen molar-refractivity contribution >= 4 is 0 Å². The molecule has 1 aliphatic rings. The molecular formula is C6H13NO. The molecule has 0 aliphatic carbocycles. The molecule has 2 nitrogen and oxygen atoms in total. The molecule has 0 amide bonds. The molecule has 2 atom stereocenters. The molecule has 0 aromatic carbocycles. The van der Waals surface area contributed by atoms with Gasteiger partial charge in [-0.2, -0.15) is 0 Å². The molecular weight excluding hydrogens is 102 g/mol. The zero-order valence-electron chi connectivity index (χ0n) is 5.44. The van der Waals surface area contributed by atoms with Crippen molar-refractivity contribution in [2.75, 3.05) is 6.61 Å². The summed E-state index contributed by atoms with van der Waals surface area (Å²) in [6, 6.07) is 0.606. The highest BCUT2D eigenvalue weighted by molar-refractivity contribution is 5.07. The SMILES string of the molecule is CC1NC1(C)CCO. The summed E-state index contributed by atoms with van der Waals surface area (Å²) in [5.41, 5.74) is 0.259. The van der Waals surface area contributed by atoms with E-state index in [2.05, 4.69) is 19.2 Å². The molecule has 1 fully saturated rings. The summed E-state index contributed by atoms with van der Waals surface area (Å²) in [5, 5.41) is 11.8. The molecule has 2 N–H and O–H groups in total. The van der Waals surface area contributed by atoms with E-state index in [4.69, 9.17) is 5.11 Å². The lowest BCUT2D eigenvalue weighted by atomic mass is 10.1. The molecule has 0 aromatic rings. The van der Waals surface area contributed by atoms with E-state index in [0.29, 0.717) is 12.6 Å². The zero-order chi connectivity index (χ0) is 6.20. The van der Waals surface area contributed by atoms with Crippen molar-refractivity contribution in [1.82, 2.24) is 5.32 Å². The fourth-order valence-corrected chi connectivity index (χ4v) is 0.974. The molecule has 0 spiro atoms. The van der Waals surface area contributed by atoms with Crippen LogP contribution in [0.2, 0.25) is 0 Å². The van der Waals surface area contributed by atoms with Crippen molar-refractivity contribution in [1.29, 1.82) is 0 Å². The fraction of sp³-hybridized carbons (Fsp3) is 1.00. The number of nitrogens with one attached hydrogen (secondary N) is 1. The maximum Gasteiger partial charge on any atom is 0.0449 e. The highest BCUT2D eigenvalue weighted by atomic mass is 16.3. The van der Waals surface area contributed by atoms with Gasteiger partial charge in [-0.15, -0.1) is 0 Å². The minimum atomic E-state index is 0.259. The van der Waals surface area contributed by atoms with Crippen molar-refractivity contribution in [3.63, 3.8) is 0 Å². The third-order valence-electron chi connectivity index (χ3n) is 2.05. The van der Waals surface area contributed by atoms with Crippen LogP contribution in [-0.2, 0) is 0 Å². The molecule has 1 rings (SSSR count). The highest BCUT2D eigenvalue weighted by Gasteiger charge is 2.44. The Labute approximate surface area is 49.9 Å². The normalized spacial score (nSPS) is 44.6. The average Bonchev–Trinajstić information content (AvgIpc) is 2.16. The van der Waals surface area contributed by atoms with E-state index < -0.39 is 0 Å². The van der Waals surface area contributed by atoms with Gasteiger partial charge in [0.2, 0.25) is 0 Å². The smallest absolute Gasteiger partial charge is 0.0449 e. The lowest BCUT2D eigenvalue weighted by Crippen LogP contribution is -2.12. The maximum atomic E-state index is 8.52. The van der Waals surface area contributed by atoms with Crippen LogP contribution in [0.15, 0.2) is 0 Å². The summed E-state index contributed by atoms with van der Waals surface area (Å²) in [5.74, 6) is 0. The first-order valence-electron chi connectivity index (χ1n) is 3.07. The summed E-state index contributed by atoms with van der Waals surface area (Å²) in [7, 11) is 0. The van der Waals surface area contributed by atoms with E-state index in [1.807, 2.05) is 0 Å². The van der Waals surface area contributed by atoms with Crippen LogP contribution in [0.1, 0.15) is 20.3 Å². The molecule has 0 aromatic heterocycles. The fourth-order valence-electron chi connectivity index (χ4n) is 0.974. The summed E-state index contributed by atoms with van der Waals surface area (Å²) < 4.78 is 0. The maximum absolute atomic E-state index is 8.52. The predicted molar refractivity (Wildman–Crippen MR) is 32.7 cm³/mol. The van der Waals surface area contributed by atoms with E-state index in [9.17, 15) is 0 Å². The largest absolute Gasteiger partial charge is 0.396 e. The Balaban J connectivity index is 2.25. The van der Waals surface area contributed by atoms with Gasteiger partial charge in [0.15, 0.2) is 0 Å². The van der Waals surface area contributed by atoms with E-state index >= 15 is 0 Å². The van der Waals surface area contributed by atoms with Crippen molar-refractivity contribution in [2.24, 2.45) is 0 Å². The predicted octanol–water partition coefficient (Wildman–Crippen LogP) is 0.119. The van der Waals surface area contributed by atoms with E-state index in [1.165, 1.54) is 0 Å². The standard InChI is InChI=1S/C6H13NO/c1-5-6(2,7-5)3-4-8/h5,7-8H,3-4H2,1-2H3. The lowest BCUT2D eigenvalue weighted by Gasteiger charge is -2.01. The van der Waals surface area contributed by atoms with Crippen molar-refractivity contribution < 1.29 is 5.11 Å². The number of aliphatic hydroxyl groups is 1. The van der Waals surface area contributed by atoms with E-state index in [-0.39, 0.29) is 5.54 Å². The van der Waals surface area contributed by atoms with Crippen LogP contribution >= 0.6 is 0 Å². The van der Waals surface area contributed by atoms with Crippen LogP contribution < -0.4 is 5.32 Å². The molecule has 2 unspecified atom stereocenters. The van der Waals surface area contributed by atoms with Gasteiger partial charge >= 0.3 is 0 Å². The van der Waals surface area contributed by atoms with Crippen LogP contribution in [0.25, 0.3) is 0 Å². The second-order valence-corrected chi connectivity index (χ2v) is 2.76. The Bertz CT molecular complexity index is 94.5. The molecule has 0 saturated carbocycles. The topological polar surface area (TPSA) is 42.2 Å². The van der Waals surface area contributed by atoms with Crippen molar-refractivity contribution in [3.05, 3.63) is 0 Å². The second-order valence-electron chi connectivity index (χ2n) is 2.76. The molecule has 48 valence electrons. The van der Waals surface area contributed by atoms with Crippen LogP contribution in [0.4, 0.5) is 0 Å². The summed E-state index contributed by atoms with van der Waals surface area (Å²) in [6.45, 7) is 4.57. The molecule has 1 aliphatic heterocycles. The number of aliphatic hydroxyl groups excluding tert-OH is 1. The Kier molecular flexibility index (Phi) is 1.29. The minimum absolute atomic E-state index is 0.259. The highest BCUT2D eigenvalue weighted by Crippen LogP contribution is 2.28. The Hall–Kier alpha value is -0.0800. The van der Waals surface area contributed by atoms with Gasteiger partial charge in [-0.3, -0.25) is 0 Å². The van der Waals surface area contributed by atoms with Gasteiger partial charge in [-0.25, -0.2) is 0 Å². The van der Waals surface area contributed by atoms with Gasteiger partial charge in [-0.05, 0) is 20.3 Å². The zero-order valence-corrected chi connectivity index (χ0v) is 5.44. The van der Waals surface area contributed by atoms with E-state index in [1.54, 1.807) is 0 Å². The third kappa shape index (κ3) is 0.858. The first-order valence-corrected chi connectivity index (χ1v) is 3.07. The first-order chi connectivity index (χ1) is 3.69. The van der Waals surface area contributed by atoms with E-state index in [0.717, 1.165) is 6.42 Å². The van der Waals surface area contributed by atoms with Crippen molar-refractivity contribution in [2.45, 2.75) is 31.8 Å². The van der Waals surface area contributed by atoms with Crippen LogP contribution in [0.3, 0.4) is 0 Å². The molecule has 0 bridgehead atoms. The molecule has 1 heterocycles. The number of rotatable bonds is 2. The number of hydrogen-bond acceptors (Lipinski definition) is 2. The first kappa shape index (κ1) is 6.05. The quantitative estimate of drug-likeness (QED) is 0.502. The van der Waals surface area contributed by atoms with Gasteiger partial charge in [0.25, 0.3) is 0 Å². The van der Waals surface area contributed by atoms with Crippen LogP contribution in [-0.4, -0.2) is 23.3 Å². The van der Waals surface area contributed by atoms with Gasteiger partial charge in [0.1, 0.15) is 0 Å². The second kappa shape index (κ2) is 1.71. The Morgan fingerprint density at radius 1 is 1.75 bits per heavy atom.